The van der Waals surface area contributed by atoms with E-state index in [1.165, 1.54) is 11.8 Å². The Morgan fingerprint density at radius 1 is 1.22 bits per heavy atom. The van der Waals surface area contributed by atoms with Crippen molar-refractivity contribution in [1.29, 1.82) is 0 Å². The molecule has 4 rings (SSSR count). The van der Waals surface area contributed by atoms with Crippen LogP contribution >= 0.6 is 23.1 Å². The van der Waals surface area contributed by atoms with Crippen molar-refractivity contribution in [1.82, 2.24) is 9.55 Å². The molecular weight excluding hydrogens is 376 g/mol. The third kappa shape index (κ3) is 3.35. The van der Waals surface area contributed by atoms with Gasteiger partial charge in [0.1, 0.15) is 5.75 Å². The summed E-state index contributed by atoms with van der Waals surface area (Å²) in [6, 6.07) is 14.0. The summed E-state index contributed by atoms with van der Waals surface area (Å²) in [7, 11) is 0. The molecule has 27 heavy (non-hydrogen) atoms. The van der Waals surface area contributed by atoms with Gasteiger partial charge in [-0.05, 0) is 50.6 Å². The Morgan fingerprint density at radius 3 is 2.85 bits per heavy atom. The van der Waals surface area contributed by atoms with Gasteiger partial charge in [-0.3, -0.25) is 9.36 Å². The first-order valence-electron chi connectivity index (χ1n) is 8.84. The Labute approximate surface area is 166 Å². The predicted molar refractivity (Wildman–Crippen MR) is 114 cm³/mol. The minimum Gasteiger partial charge on any atom is -0.494 e. The Morgan fingerprint density at radius 2 is 2.04 bits per heavy atom. The zero-order chi connectivity index (χ0) is 19.0. The van der Waals surface area contributed by atoms with Gasteiger partial charge in [-0.1, -0.05) is 30.0 Å². The highest BCUT2D eigenvalue weighted by atomic mass is 32.2. The highest BCUT2D eigenvalue weighted by Crippen LogP contribution is 2.32. The van der Waals surface area contributed by atoms with Crippen molar-refractivity contribution in [3.8, 4) is 5.75 Å². The molecule has 0 radical (unpaired) electrons. The quantitative estimate of drug-likeness (QED) is 0.406. The number of aryl methyl sites for hydroxylation is 1. The van der Waals surface area contributed by atoms with Gasteiger partial charge < -0.3 is 4.74 Å². The number of carbonyl (C=O) groups is 1. The van der Waals surface area contributed by atoms with E-state index in [4.69, 9.17) is 4.74 Å². The molecule has 2 aromatic carbocycles. The molecule has 0 saturated heterocycles. The number of thiazole rings is 1. The fraction of sp³-hybridized carbons (Fsp3) is 0.238. The molecule has 2 heterocycles. The molecule has 2 aromatic heterocycles. The van der Waals surface area contributed by atoms with Crippen LogP contribution in [0, 0.1) is 13.8 Å². The van der Waals surface area contributed by atoms with Gasteiger partial charge in [-0.15, -0.1) is 11.3 Å². The van der Waals surface area contributed by atoms with Gasteiger partial charge in [-0.2, -0.15) is 0 Å². The van der Waals surface area contributed by atoms with Crippen molar-refractivity contribution in [2.75, 3.05) is 12.4 Å². The zero-order valence-electron chi connectivity index (χ0n) is 15.5. The van der Waals surface area contributed by atoms with E-state index in [2.05, 4.69) is 18.0 Å². The molecule has 0 amide bonds. The summed E-state index contributed by atoms with van der Waals surface area (Å²) in [5.74, 6) is 1.29. The Kier molecular flexibility index (Phi) is 4.93. The predicted octanol–water partition coefficient (Wildman–Crippen LogP) is 5.70. The normalized spacial score (nSPS) is 11.4. The molecule has 0 aliphatic rings. The zero-order valence-corrected chi connectivity index (χ0v) is 17.1. The lowest BCUT2D eigenvalue weighted by Crippen LogP contribution is -2.14. The number of carbonyl (C=O) groups excluding carboxylic acids is 1. The van der Waals surface area contributed by atoms with Crippen LogP contribution in [0.5, 0.6) is 5.75 Å². The number of ether oxygens (including phenoxy) is 1. The van der Waals surface area contributed by atoms with Crippen LogP contribution in [-0.4, -0.2) is 27.8 Å². The maximum atomic E-state index is 12.9. The van der Waals surface area contributed by atoms with Gasteiger partial charge >= 0.3 is 0 Å². The number of hydrogen-bond donors (Lipinski definition) is 0. The summed E-state index contributed by atoms with van der Waals surface area (Å²) in [6.07, 6.45) is 0. The lowest BCUT2D eigenvalue weighted by molar-refractivity contribution is 0.0945. The third-order valence-electron chi connectivity index (χ3n) is 4.65. The lowest BCUT2D eigenvalue weighted by Gasteiger charge is -2.06. The second-order valence-corrected chi connectivity index (χ2v) is 8.54. The molecule has 0 aliphatic carbocycles. The average Bonchev–Trinajstić information content (AvgIpc) is 3.19. The Hall–Kier alpha value is -2.31. The second kappa shape index (κ2) is 7.37. The van der Waals surface area contributed by atoms with Crippen LogP contribution in [0.2, 0.25) is 0 Å². The van der Waals surface area contributed by atoms with Gasteiger partial charge in [0.15, 0.2) is 4.34 Å². The van der Waals surface area contributed by atoms with E-state index in [1.54, 1.807) is 11.3 Å². The van der Waals surface area contributed by atoms with Crippen molar-refractivity contribution >= 4 is 50.1 Å². The van der Waals surface area contributed by atoms with Crippen molar-refractivity contribution in [3.05, 3.63) is 53.7 Å². The van der Waals surface area contributed by atoms with Crippen LogP contribution in [0.1, 0.15) is 23.0 Å². The lowest BCUT2D eigenvalue weighted by atomic mass is 10.2. The maximum Gasteiger partial charge on any atom is 0.241 e. The minimum absolute atomic E-state index is 0.0797. The van der Waals surface area contributed by atoms with E-state index in [-0.39, 0.29) is 5.91 Å². The fourth-order valence-corrected chi connectivity index (χ4v) is 5.19. The highest BCUT2D eigenvalue weighted by Gasteiger charge is 2.17. The van der Waals surface area contributed by atoms with E-state index in [0.717, 1.165) is 42.5 Å². The van der Waals surface area contributed by atoms with Crippen molar-refractivity contribution in [2.45, 2.75) is 25.1 Å². The first-order chi connectivity index (χ1) is 13.1. The van der Waals surface area contributed by atoms with Crippen molar-refractivity contribution < 1.29 is 9.53 Å². The summed E-state index contributed by atoms with van der Waals surface area (Å²) in [5.41, 5.74) is 4.08. The molecule has 0 bridgehead atoms. The fourth-order valence-electron chi connectivity index (χ4n) is 3.24. The first-order valence-corrected chi connectivity index (χ1v) is 10.6. The van der Waals surface area contributed by atoms with Crippen molar-refractivity contribution in [3.63, 3.8) is 0 Å². The summed E-state index contributed by atoms with van der Waals surface area (Å²) in [4.78, 5) is 17.6. The Balaban J connectivity index is 1.56. The standard InChI is InChI=1S/C21H20N2O2S2/c1-4-25-15-9-10-17-19(11-15)27-21(22-17)26-12-20(24)23-14(3)13(2)16-7-5-6-8-18(16)23/h5-11H,4,12H2,1-3H3. The summed E-state index contributed by atoms with van der Waals surface area (Å²) >= 11 is 3.09. The molecule has 4 nitrogen and oxygen atoms in total. The molecule has 0 saturated carbocycles. The molecule has 138 valence electrons. The largest absolute Gasteiger partial charge is 0.494 e. The smallest absolute Gasteiger partial charge is 0.241 e. The molecule has 0 aliphatic heterocycles. The van der Waals surface area contributed by atoms with Crippen LogP contribution in [0.4, 0.5) is 0 Å². The Bertz CT molecular complexity index is 1140. The van der Waals surface area contributed by atoms with E-state index < -0.39 is 0 Å². The molecule has 0 unspecified atom stereocenters. The molecule has 0 N–H and O–H groups in total. The van der Waals surface area contributed by atoms with Gasteiger partial charge in [0.2, 0.25) is 5.91 Å². The van der Waals surface area contributed by atoms with E-state index in [0.29, 0.717) is 12.4 Å². The number of thioether (sulfide) groups is 1. The number of hydrogen-bond acceptors (Lipinski definition) is 5. The molecule has 0 atom stereocenters. The monoisotopic (exact) mass is 396 g/mol. The van der Waals surface area contributed by atoms with E-state index in [1.807, 2.05) is 54.8 Å². The van der Waals surface area contributed by atoms with Gasteiger partial charge in [-0.25, -0.2) is 4.98 Å². The van der Waals surface area contributed by atoms with Crippen LogP contribution < -0.4 is 4.74 Å². The number of para-hydroxylation sites is 1. The maximum absolute atomic E-state index is 12.9. The first kappa shape index (κ1) is 18.1. The van der Waals surface area contributed by atoms with Crippen LogP contribution in [0.15, 0.2) is 46.8 Å². The minimum atomic E-state index is 0.0797. The SMILES string of the molecule is CCOc1ccc2nc(SCC(=O)n3c(C)c(C)c4ccccc43)sc2c1. The van der Waals surface area contributed by atoms with Crippen LogP contribution in [0.3, 0.4) is 0 Å². The molecule has 4 aromatic rings. The van der Waals surface area contributed by atoms with E-state index >= 15 is 0 Å². The molecule has 0 spiro atoms. The van der Waals surface area contributed by atoms with E-state index in [9.17, 15) is 4.79 Å². The number of benzene rings is 2. The van der Waals surface area contributed by atoms with Crippen molar-refractivity contribution in [2.24, 2.45) is 0 Å². The molecule has 6 heteroatoms. The van der Waals surface area contributed by atoms with Gasteiger partial charge in [0.25, 0.3) is 0 Å². The summed E-state index contributed by atoms with van der Waals surface area (Å²) in [6.45, 7) is 6.69. The average molecular weight is 397 g/mol. The summed E-state index contributed by atoms with van der Waals surface area (Å²) in [5, 5.41) is 1.14. The van der Waals surface area contributed by atoms with Gasteiger partial charge in [0.05, 0.1) is 28.1 Å². The third-order valence-corrected chi connectivity index (χ3v) is 6.79. The van der Waals surface area contributed by atoms with Gasteiger partial charge in [0, 0.05) is 11.1 Å². The second-order valence-electron chi connectivity index (χ2n) is 6.29. The number of aromatic nitrogens is 2. The molecular formula is C21H20N2O2S2. The number of fused-ring (bicyclic) bond motifs is 2. The number of rotatable bonds is 5. The van der Waals surface area contributed by atoms with Crippen LogP contribution in [-0.2, 0) is 0 Å². The number of nitrogens with zero attached hydrogens (tertiary/aromatic N) is 2. The molecule has 0 fully saturated rings. The summed E-state index contributed by atoms with van der Waals surface area (Å²) < 4.78 is 9.36. The van der Waals surface area contributed by atoms with Crippen LogP contribution in [0.25, 0.3) is 21.1 Å². The topological polar surface area (TPSA) is 44.1 Å². The highest BCUT2D eigenvalue weighted by molar-refractivity contribution is 8.01.